The fourth-order valence-electron chi connectivity index (χ4n) is 2.46. The molecule has 2 rings (SSSR count). The minimum Gasteiger partial charge on any atom is -0.489 e. The van der Waals surface area contributed by atoms with Crippen LogP contribution in [0.3, 0.4) is 0 Å². The van der Waals surface area contributed by atoms with Crippen LogP contribution in [-0.2, 0) is 11.4 Å². The van der Waals surface area contributed by atoms with Crippen molar-refractivity contribution in [1.29, 1.82) is 0 Å². The standard InChI is InChI=1S/C20H23NO3/c1-4-18(23)20(21-13-22)17-8-6-5-7-16(17)12-24-19-11-14(2)9-10-15(19)3/h5-11,22H,4,12-13H2,1-3H3. The fraction of sp³-hybridized carbons (Fsp3) is 0.300. The summed E-state index contributed by atoms with van der Waals surface area (Å²) in [7, 11) is 0. The van der Waals surface area contributed by atoms with Crippen LogP contribution in [-0.4, -0.2) is 23.3 Å². The molecular weight excluding hydrogens is 302 g/mol. The maximum absolute atomic E-state index is 12.1. The van der Waals surface area contributed by atoms with Crippen molar-refractivity contribution in [3.63, 3.8) is 0 Å². The highest BCUT2D eigenvalue weighted by atomic mass is 16.5. The molecule has 4 nitrogen and oxygen atoms in total. The summed E-state index contributed by atoms with van der Waals surface area (Å²) in [4.78, 5) is 16.1. The first kappa shape index (κ1) is 17.9. The van der Waals surface area contributed by atoms with Crippen LogP contribution in [0.4, 0.5) is 0 Å². The average Bonchev–Trinajstić information content (AvgIpc) is 2.60. The van der Waals surface area contributed by atoms with Gasteiger partial charge in [-0.1, -0.05) is 43.3 Å². The lowest BCUT2D eigenvalue weighted by atomic mass is 9.99. The number of ether oxygens (including phenoxy) is 1. The molecule has 126 valence electrons. The topological polar surface area (TPSA) is 58.9 Å². The number of aliphatic imine (C=N–C) groups is 1. The Labute approximate surface area is 142 Å². The molecule has 0 spiro atoms. The monoisotopic (exact) mass is 325 g/mol. The molecule has 0 aliphatic heterocycles. The van der Waals surface area contributed by atoms with Gasteiger partial charge in [-0.05, 0) is 36.6 Å². The molecule has 2 aromatic rings. The molecule has 0 unspecified atom stereocenters. The lowest BCUT2D eigenvalue weighted by Crippen LogP contribution is -2.18. The maximum Gasteiger partial charge on any atom is 0.181 e. The van der Waals surface area contributed by atoms with Gasteiger partial charge in [-0.25, -0.2) is 0 Å². The Kier molecular flexibility index (Phi) is 6.27. The zero-order valence-electron chi connectivity index (χ0n) is 14.4. The van der Waals surface area contributed by atoms with E-state index in [9.17, 15) is 4.79 Å². The number of nitrogens with zero attached hydrogens (tertiary/aromatic N) is 1. The zero-order valence-corrected chi connectivity index (χ0v) is 14.4. The molecule has 0 radical (unpaired) electrons. The van der Waals surface area contributed by atoms with Gasteiger partial charge in [0, 0.05) is 12.0 Å². The highest BCUT2D eigenvalue weighted by Gasteiger charge is 2.16. The van der Waals surface area contributed by atoms with Crippen LogP contribution < -0.4 is 4.74 Å². The summed E-state index contributed by atoms with van der Waals surface area (Å²) in [5, 5.41) is 9.14. The summed E-state index contributed by atoms with van der Waals surface area (Å²) in [5.41, 5.74) is 4.08. The first-order chi connectivity index (χ1) is 11.6. The van der Waals surface area contributed by atoms with E-state index >= 15 is 0 Å². The van der Waals surface area contributed by atoms with E-state index in [1.165, 1.54) is 0 Å². The molecule has 0 fully saturated rings. The highest BCUT2D eigenvalue weighted by molar-refractivity contribution is 6.46. The fourth-order valence-corrected chi connectivity index (χ4v) is 2.46. The molecule has 1 N–H and O–H groups in total. The van der Waals surface area contributed by atoms with Crippen LogP contribution in [0.5, 0.6) is 5.75 Å². The van der Waals surface area contributed by atoms with Crippen molar-refractivity contribution in [3.8, 4) is 5.75 Å². The quantitative estimate of drug-likeness (QED) is 0.791. The molecule has 0 bridgehead atoms. The van der Waals surface area contributed by atoms with Crippen LogP contribution >= 0.6 is 0 Å². The van der Waals surface area contributed by atoms with E-state index in [2.05, 4.69) is 4.99 Å². The van der Waals surface area contributed by atoms with Gasteiger partial charge in [0.15, 0.2) is 5.78 Å². The van der Waals surface area contributed by atoms with E-state index in [1.807, 2.05) is 56.3 Å². The van der Waals surface area contributed by atoms with Gasteiger partial charge < -0.3 is 9.84 Å². The van der Waals surface area contributed by atoms with Gasteiger partial charge in [0.2, 0.25) is 0 Å². The summed E-state index contributed by atoms with van der Waals surface area (Å²) in [6.45, 7) is 5.73. The SMILES string of the molecule is CCC(=O)C(=NCO)c1ccccc1COc1cc(C)ccc1C. The van der Waals surface area contributed by atoms with Crippen LogP contribution in [0.2, 0.25) is 0 Å². The Morgan fingerprint density at radius 1 is 1.17 bits per heavy atom. The van der Waals surface area contributed by atoms with E-state index < -0.39 is 6.73 Å². The number of benzene rings is 2. The van der Waals surface area contributed by atoms with Crippen molar-refractivity contribution < 1.29 is 14.6 Å². The van der Waals surface area contributed by atoms with E-state index in [4.69, 9.17) is 9.84 Å². The number of hydrogen-bond acceptors (Lipinski definition) is 4. The minimum absolute atomic E-state index is 0.0942. The third kappa shape index (κ3) is 4.30. The van der Waals surface area contributed by atoms with Gasteiger partial charge in [-0.15, -0.1) is 0 Å². The molecule has 0 atom stereocenters. The average molecular weight is 325 g/mol. The molecular formula is C20H23NO3. The lowest BCUT2D eigenvalue weighted by Gasteiger charge is -2.14. The molecule has 0 saturated heterocycles. The van der Waals surface area contributed by atoms with E-state index in [-0.39, 0.29) is 5.78 Å². The Bertz CT molecular complexity index is 750. The van der Waals surface area contributed by atoms with Gasteiger partial charge in [-0.3, -0.25) is 9.79 Å². The third-order valence-electron chi connectivity index (χ3n) is 3.81. The number of rotatable bonds is 7. The predicted molar refractivity (Wildman–Crippen MR) is 95.6 cm³/mol. The molecule has 0 aromatic heterocycles. The lowest BCUT2D eigenvalue weighted by molar-refractivity contribution is -0.112. The van der Waals surface area contributed by atoms with E-state index in [0.717, 1.165) is 22.4 Å². The number of hydrogen-bond donors (Lipinski definition) is 1. The minimum atomic E-state index is -0.409. The first-order valence-corrected chi connectivity index (χ1v) is 8.03. The molecule has 24 heavy (non-hydrogen) atoms. The number of ketones is 1. The van der Waals surface area contributed by atoms with Crippen LogP contribution in [0.1, 0.15) is 35.6 Å². The summed E-state index contributed by atoms with van der Waals surface area (Å²) < 4.78 is 5.96. The Hall–Kier alpha value is -2.46. The molecule has 4 heteroatoms. The normalized spacial score (nSPS) is 11.4. The smallest absolute Gasteiger partial charge is 0.181 e. The second-order valence-electron chi connectivity index (χ2n) is 5.64. The number of Topliss-reactive ketones (excluding diaryl/α,β-unsaturated/α-hetero) is 1. The number of carbonyl (C=O) groups is 1. The summed E-state index contributed by atoms with van der Waals surface area (Å²) in [6, 6.07) is 13.6. The van der Waals surface area contributed by atoms with Gasteiger partial charge >= 0.3 is 0 Å². The Balaban J connectivity index is 2.30. The van der Waals surface area contributed by atoms with Crippen molar-refractivity contribution in [3.05, 3.63) is 64.7 Å². The van der Waals surface area contributed by atoms with Crippen molar-refractivity contribution in [2.75, 3.05) is 6.73 Å². The van der Waals surface area contributed by atoms with Crippen molar-refractivity contribution in [2.24, 2.45) is 4.99 Å². The predicted octanol–water partition coefficient (Wildman–Crippen LogP) is 3.60. The first-order valence-electron chi connectivity index (χ1n) is 8.03. The second kappa shape index (κ2) is 8.41. The number of carbonyl (C=O) groups excluding carboxylic acids is 1. The second-order valence-corrected chi connectivity index (χ2v) is 5.64. The molecule has 0 aliphatic rings. The van der Waals surface area contributed by atoms with Crippen molar-refractivity contribution >= 4 is 11.5 Å². The van der Waals surface area contributed by atoms with Crippen LogP contribution in [0, 0.1) is 13.8 Å². The van der Waals surface area contributed by atoms with E-state index in [0.29, 0.717) is 24.3 Å². The van der Waals surface area contributed by atoms with Gasteiger partial charge in [0.25, 0.3) is 0 Å². The van der Waals surface area contributed by atoms with Gasteiger partial charge in [0.05, 0.1) is 0 Å². The highest BCUT2D eigenvalue weighted by Crippen LogP contribution is 2.21. The maximum atomic E-state index is 12.1. The number of aryl methyl sites for hydroxylation is 2. The molecule has 0 heterocycles. The Morgan fingerprint density at radius 2 is 1.92 bits per heavy atom. The molecule has 0 aliphatic carbocycles. The van der Waals surface area contributed by atoms with Crippen LogP contribution in [0.15, 0.2) is 47.5 Å². The number of aliphatic hydroxyl groups is 1. The van der Waals surface area contributed by atoms with Gasteiger partial charge in [0.1, 0.15) is 24.8 Å². The summed E-state index contributed by atoms with van der Waals surface area (Å²) in [6.07, 6.45) is 0.338. The third-order valence-corrected chi connectivity index (χ3v) is 3.81. The number of aliphatic hydroxyl groups excluding tert-OH is 1. The Morgan fingerprint density at radius 3 is 2.62 bits per heavy atom. The largest absolute Gasteiger partial charge is 0.489 e. The zero-order chi connectivity index (χ0) is 17.5. The molecule has 2 aromatic carbocycles. The summed E-state index contributed by atoms with van der Waals surface area (Å²) in [5.74, 6) is 0.732. The van der Waals surface area contributed by atoms with Crippen LogP contribution in [0.25, 0.3) is 0 Å². The van der Waals surface area contributed by atoms with Crippen molar-refractivity contribution in [1.82, 2.24) is 0 Å². The van der Waals surface area contributed by atoms with Crippen molar-refractivity contribution in [2.45, 2.75) is 33.8 Å². The summed E-state index contributed by atoms with van der Waals surface area (Å²) >= 11 is 0. The molecule has 0 amide bonds. The van der Waals surface area contributed by atoms with E-state index in [1.54, 1.807) is 6.92 Å². The van der Waals surface area contributed by atoms with Gasteiger partial charge in [-0.2, -0.15) is 0 Å². The molecule has 0 saturated carbocycles.